The number of nitrogens with one attached hydrogen (secondary N) is 1. The summed E-state index contributed by atoms with van der Waals surface area (Å²) in [6.07, 6.45) is 0.182. The smallest absolute Gasteiger partial charge is 0.326 e. The number of non-ortho nitro benzene ring substituents is 1. The minimum absolute atomic E-state index is 0.0918. The van der Waals surface area contributed by atoms with Crippen LogP contribution in [0.25, 0.3) is 0 Å². The van der Waals surface area contributed by atoms with Gasteiger partial charge in [0.1, 0.15) is 6.04 Å². The fourth-order valence-corrected chi connectivity index (χ4v) is 1.55. The highest BCUT2D eigenvalue weighted by Crippen LogP contribution is 2.13. The van der Waals surface area contributed by atoms with E-state index in [1.807, 2.05) is 0 Å². The van der Waals surface area contributed by atoms with E-state index in [0.717, 1.165) is 0 Å². The molecule has 0 aliphatic carbocycles. The van der Waals surface area contributed by atoms with Crippen molar-refractivity contribution in [3.8, 4) is 0 Å². The summed E-state index contributed by atoms with van der Waals surface area (Å²) >= 11 is 0. The molecule has 0 aromatic heterocycles. The molecule has 0 aliphatic heterocycles. The molecule has 0 aliphatic rings. The van der Waals surface area contributed by atoms with Crippen LogP contribution in [0.5, 0.6) is 0 Å². The number of amides is 1. The van der Waals surface area contributed by atoms with Crippen molar-refractivity contribution in [1.29, 1.82) is 0 Å². The second-order valence-corrected chi connectivity index (χ2v) is 3.97. The van der Waals surface area contributed by atoms with Crippen molar-refractivity contribution in [2.24, 2.45) is 0 Å². The van der Waals surface area contributed by atoms with E-state index >= 15 is 0 Å². The Hall–Kier alpha value is -2.44. The number of nitrogens with zero attached hydrogens (tertiary/aromatic N) is 1. The molecular weight excluding hydrogens is 252 g/mol. The number of carboxylic acids is 1. The number of carbonyl (C=O) groups excluding carboxylic acids is 1. The maximum Gasteiger partial charge on any atom is 0.326 e. The Morgan fingerprint density at radius 3 is 2.68 bits per heavy atom. The molecule has 0 saturated carbocycles. The molecule has 19 heavy (non-hydrogen) atoms. The molecule has 0 saturated heterocycles. The molecule has 0 fully saturated rings. The first kappa shape index (κ1) is 14.6. The van der Waals surface area contributed by atoms with E-state index in [-0.39, 0.29) is 18.5 Å². The van der Waals surface area contributed by atoms with E-state index in [0.29, 0.717) is 5.56 Å². The van der Waals surface area contributed by atoms with Gasteiger partial charge in [-0.05, 0) is 12.0 Å². The average Bonchev–Trinajstić information content (AvgIpc) is 2.35. The lowest BCUT2D eigenvalue weighted by Crippen LogP contribution is -2.40. The Morgan fingerprint density at radius 1 is 1.47 bits per heavy atom. The number of hydrogen-bond donors (Lipinski definition) is 2. The first-order valence-corrected chi connectivity index (χ1v) is 5.69. The number of rotatable bonds is 6. The average molecular weight is 266 g/mol. The molecule has 7 heteroatoms. The van der Waals surface area contributed by atoms with Crippen LogP contribution >= 0.6 is 0 Å². The molecule has 1 atom stereocenters. The van der Waals surface area contributed by atoms with Crippen molar-refractivity contribution in [3.63, 3.8) is 0 Å². The SMILES string of the molecule is CC[C@H](NC(=O)Cc1cccc([N+](=O)[O-])c1)C(=O)O. The van der Waals surface area contributed by atoms with E-state index in [1.165, 1.54) is 18.2 Å². The van der Waals surface area contributed by atoms with Gasteiger partial charge in [0, 0.05) is 12.1 Å². The summed E-state index contributed by atoms with van der Waals surface area (Å²) in [5.74, 6) is -1.58. The van der Waals surface area contributed by atoms with Crippen LogP contribution in [0, 0.1) is 10.1 Å². The quantitative estimate of drug-likeness (QED) is 0.592. The van der Waals surface area contributed by atoms with Gasteiger partial charge in [0.2, 0.25) is 5.91 Å². The van der Waals surface area contributed by atoms with Crippen LogP contribution in [0.1, 0.15) is 18.9 Å². The molecule has 1 aromatic rings. The first-order valence-electron chi connectivity index (χ1n) is 5.69. The topological polar surface area (TPSA) is 110 Å². The summed E-state index contributed by atoms with van der Waals surface area (Å²) in [5, 5.41) is 21.7. The zero-order chi connectivity index (χ0) is 14.4. The fraction of sp³-hybridized carbons (Fsp3) is 0.333. The van der Waals surface area contributed by atoms with Crippen LogP contribution in [0.15, 0.2) is 24.3 Å². The van der Waals surface area contributed by atoms with Gasteiger partial charge < -0.3 is 10.4 Å². The van der Waals surface area contributed by atoms with Crippen LogP contribution in [0.3, 0.4) is 0 Å². The predicted molar refractivity (Wildman–Crippen MR) is 66.7 cm³/mol. The monoisotopic (exact) mass is 266 g/mol. The highest BCUT2D eigenvalue weighted by atomic mass is 16.6. The number of nitro benzene ring substituents is 1. The minimum Gasteiger partial charge on any atom is -0.480 e. The lowest BCUT2D eigenvalue weighted by molar-refractivity contribution is -0.384. The maximum absolute atomic E-state index is 11.6. The molecule has 1 amide bonds. The van der Waals surface area contributed by atoms with E-state index in [2.05, 4.69) is 5.32 Å². The zero-order valence-corrected chi connectivity index (χ0v) is 10.3. The lowest BCUT2D eigenvalue weighted by atomic mass is 10.1. The fourth-order valence-electron chi connectivity index (χ4n) is 1.55. The zero-order valence-electron chi connectivity index (χ0n) is 10.3. The van der Waals surface area contributed by atoms with E-state index in [1.54, 1.807) is 13.0 Å². The van der Waals surface area contributed by atoms with Crippen LogP contribution in [-0.4, -0.2) is 27.9 Å². The van der Waals surface area contributed by atoms with Gasteiger partial charge in [0.25, 0.3) is 5.69 Å². The molecule has 0 unspecified atom stereocenters. The maximum atomic E-state index is 11.6. The number of carboxylic acid groups (broad SMARTS) is 1. The van der Waals surface area contributed by atoms with Crippen molar-refractivity contribution in [3.05, 3.63) is 39.9 Å². The number of nitro groups is 1. The van der Waals surface area contributed by atoms with Crippen molar-refractivity contribution < 1.29 is 19.6 Å². The normalized spacial score (nSPS) is 11.6. The van der Waals surface area contributed by atoms with Crippen LogP contribution < -0.4 is 5.32 Å². The summed E-state index contributed by atoms with van der Waals surface area (Å²) in [4.78, 5) is 32.4. The highest BCUT2D eigenvalue weighted by Gasteiger charge is 2.18. The highest BCUT2D eigenvalue weighted by molar-refractivity contribution is 5.84. The molecule has 0 heterocycles. The van der Waals surface area contributed by atoms with Gasteiger partial charge in [-0.15, -0.1) is 0 Å². The van der Waals surface area contributed by atoms with Gasteiger partial charge in [-0.1, -0.05) is 19.1 Å². The Kier molecular flexibility index (Phi) is 4.99. The van der Waals surface area contributed by atoms with Crippen LogP contribution in [0.4, 0.5) is 5.69 Å². The van der Waals surface area contributed by atoms with Gasteiger partial charge in [-0.25, -0.2) is 4.79 Å². The lowest BCUT2D eigenvalue weighted by Gasteiger charge is -2.12. The number of hydrogen-bond acceptors (Lipinski definition) is 4. The summed E-state index contributed by atoms with van der Waals surface area (Å²) in [7, 11) is 0. The Labute approximate surface area is 109 Å². The van der Waals surface area contributed by atoms with Crippen molar-refractivity contribution in [2.45, 2.75) is 25.8 Å². The Morgan fingerprint density at radius 2 is 2.16 bits per heavy atom. The molecular formula is C12H14N2O5. The number of aliphatic carboxylic acids is 1. The van der Waals surface area contributed by atoms with Crippen molar-refractivity contribution in [1.82, 2.24) is 5.32 Å². The van der Waals surface area contributed by atoms with E-state index < -0.39 is 22.8 Å². The van der Waals surface area contributed by atoms with Crippen molar-refractivity contribution >= 4 is 17.6 Å². The standard InChI is InChI=1S/C12H14N2O5/c1-2-10(12(16)17)13-11(15)7-8-4-3-5-9(6-8)14(18)19/h3-6,10H,2,7H2,1H3,(H,13,15)(H,16,17)/t10-/m0/s1. The minimum atomic E-state index is -1.10. The number of carbonyl (C=O) groups is 2. The van der Waals surface area contributed by atoms with Gasteiger partial charge in [-0.2, -0.15) is 0 Å². The van der Waals surface area contributed by atoms with Crippen LogP contribution in [0.2, 0.25) is 0 Å². The first-order chi connectivity index (χ1) is 8.93. The molecule has 0 bridgehead atoms. The van der Waals surface area contributed by atoms with Crippen molar-refractivity contribution in [2.75, 3.05) is 0 Å². The Balaban J connectivity index is 2.69. The molecule has 1 rings (SSSR count). The van der Waals surface area contributed by atoms with Gasteiger partial charge in [0.05, 0.1) is 11.3 Å². The van der Waals surface area contributed by atoms with Gasteiger partial charge >= 0.3 is 5.97 Å². The van der Waals surface area contributed by atoms with Gasteiger partial charge in [-0.3, -0.25) is 14.9 Å². The van der Waals surface area contributed by atoms with Crippen LogP contribution in [-0.2, 0) is 16.0 Å². The summed E-state index contributed by atoms with van der Waals surface area (Å²) in [5.41, 5.74) is 0.363. The molecule has 102 valence electrons. The summed E-state index contributed by atoms with van der Waals surface area (Å²) in [6.45, 7) is 1.65. The van der Waals surface area contributed by atoms with E-state index in [9.17, 15) is 19.7 Å². The largest absolute Gasteiger partial charge is 0.480 e. The summed E-state index contributed by atoms with van der Waals surface area (Å²) in [6, 6.07) is 4.74. The van der Waals surface area contributed by atoms with E-state index in [4.69, 9.17) is 5.11 Å². The molecule has 1 aromatic carbocycles. The second kappa shape index (κ2) is 6.48. The molecule has 0 radical (unpaired) electrons. The summed E-state index contributed by atoms with van der Waals surface area (Å²) < 4.78 is 0. The molecule has 0 spiro atoms. The second-order valence-electron chi connectivity index (χ2n) is 3.97. The molecule has 7 nitrogen and oxygen atoms in total. The third-order valence-electron chi connectivity index (χ3n) is 2.53. The Bertz CT molecular complexity index is 501. The number of benzene rings is 1. The van der Waals surface area contributed by atoms with Gasteiger partial charge in [0.15, 0.2) is 0 Å². The third kappa shape index (κ3) is 4.38. The predicted octanol–water partition coefficient (Wildman–Crippen LogP) is 1.12. The molecule has 2 N–H and O–H groups in total. The third-order valence-corrected chi connectivity index (χ3v) is 2.53.